The van der Waals surface area contributed by atoms with Gasteiger partial charge in [0.25, 0.3) is 0 Å². The lowest BCUT2D eigenvalue weighted by Gasteiger charge is -2.04. The van der Waals surface area contributed by atoms with Crippen molar-refractivity contribution in [2.24, 2.45) is 7.05 Å². The molecule has 0 radical (unpaired) electrons. The SMILES string of the molecule is CCNCc1c(C)nn(C)c1Sc1n[nH]c(C)n1. The predicted molar refractivity (Wildman–Crippen MR) is 70.6 cm³/mol. The minimum Gasteiger partial charge on any atom is -0.313 e. The fraction of sp³-hybridized carbons (Fsp3) is 0.545. The van der Waals surface area contributed by atoms with Gasteiger partial charge in [-0.25, -0.2) is 4.98 Å². The molecule has 2 heterocycles. The third-order valence-corrected chi connectivity index (χ3v) is 3.67. The van der Waals surface area contributed by atoms with E-state index in [0.29, 0.717) is 0 Å². The summed E-state index contributed by atoms with van der Waals surface area (Å²) >= 11 is 1.54. The summed E-state index contributed by atoms with van der Waals surface area (Å²) in [6.07, 6.45) is 0. The minimum absolute atomic E-state index is 0.730. The second kappa shape index (κ2) is 5.53. The van der Waals surface area contributed by atoms with Gasteiger partial charge < -0.3 is 5.32 Å². The molecule has 7 heteroatoms. The van der Waals surface area contributed by atoms with E-state index in [2.05, 4.69) is 32.5 Å². The molecule has 0 saturated heterocycles. The molecule has 6 nitrogen and oxygen atoms in total. The molecule has 0 spiro atoms. The molecule has 0 amide bonds. The molecule has 18 heavy (non-hydrogen) atoms. The lowest BCUT2D eigenvalue weighted by Crippen LogP contribution is -2.12. The summed E-state index contributed by atoms with van der Waals surface area (Å²) in [5.41, 5.74) is 2.26. The van der Waals surface area contributed by atoms with E-state index in [-0.39, 0.29) is 0 Å². The minimum atomic E-state index is 0.730. The average Bonchev–Trinajstić information content (AvgIpc) is 2.83. The van der Waals surface area contributed by atoms with Crippen LogP contribution in [0, 0.1) is 13.8 Å². The Morgan fingerprint density at radius 2 is 2.17 bits per heavy atom. The van der Waals surface area contributed by atoms with E-state index in [4.69, 9.17) is 0 Å². The molecule has 2 N–H and O–H groups in total. The van der Waals surface area contributed by atoms with Gasteiger partial charge in [-0.1, -0.05) is 6.92 Å². The molecule has 0 fully saturated rings. The second-order valence-electron chi connectivity index (χ2n) is 4.08. The van der Waals surface area contributed by atoms with E-state index in [9.17, 15) is 0 Å². The van der Waals surface area contributed by atoms with E-state index >= 15 is 0 Å². The molecule has 2 aromatic rings. The van der Waals surface area contributed by atoms with Crippen LogP contribution < -0.4 is 5.32 Å². The fourth-order valence-electron chi connectivity index (χ4n) is 1.72. The van der Waals surface area contributed by atoms with Crippen LogP contribution in [0.1, 0.15) is 24.0 Å². The Kier molecular flexibility index (Phi) is 4.03. The van der Waals surface area contributed by atoms with E-state index in [1.54, 1.807) is 0 Å². The van der Waals surface area contributed by atoms with Crippen LogP contribution in [0.3, 0.4) is 0 Å². The largest absolute Gasteiger partial charge is 0.313 e. The average molecular weight is 266 g/mol. The Hall–Kier alpha value is -1.34. The number of nitrogens with zero attached hydrogens (tertiary/aromatic N) is 4. The van der Waals surface area contributed by atoms with Gasteiger partial charge in [-0.2, -0.15) is 5.10 Å². The van der Waals surface area contributed by atoms with Crippen molar-refractivity contribution in [3.8, 4) is 0 Å². The van der Waals surface area contributed by atoms with Crippen LogP contribution in [0.5, 0.6) is 0 Å². The summed E-state index contributed by atoms with van der Waals surface area (Å²) in [4.78, 5) is 4.31. The Labute approximate surface area is 111 Å². The summed E-state index contributed by atoms with van der Waals surface area (Å²) in [6, 6.07) is 0. The van der Waals surface area contributed by atoms with Crippen molar-refractivity contribution in [2.45, 2.75) is 37.5 Å². The molecule has 0 bridgehead atoms. The number of rotatable bonds is 5. The van der Waals surface area contributed by atoms with Crippen molar-refractivity contribution < 1.29 is 0 Å². The standard InChI is InChI=1S/C11H18N6S/c1-5-12-6-9-7(2)16-17(4)10(9)18-11-13-8(3)14-15-11/h12H,5-6H2,1-4H3,(H,13,14,15). The monoisotopic (exact) mass is 266 g/mol. The lowest BCUT2D eigenvalue weighted by atomic mass is 10.2. The first-order valence-corrected chi connectivity index (χ1v) is 6.73. The topological polar surface area (TPSA) is 71.4 Å². The van der Waals surface area contributed by atoms with E-state index in [1.807, 2.05) is 25.6 Å². The van der Waals surface area contributed by atoms with Gasteiger partial charge in [0.05, 0.1) is 5.69 Å². The van der Waals surface area contributed by atoms with Crippen LogP contribution in [0.2, 0.25) is 0 Å². The van der Waals surface area contributed by atoms with Gasteiger partial charge in [0, 0.05) is 19.2 Å². The van der Waals surface area contributed by atoms with Gasteiger partial charge in [-0.15, -0.1) is 5.10 Å². The molecule has 2 rings (SSSR count). The first kappa shape index (κ1) is 13.1. The maximum absolute atomic E-state index is 4.46. The lowest BCUT2D eigenvalue weighted by molar-refractivity contribution is 0.672. The molecule has 0 aliphatic heterocycles. The molecule has 0 unspecified atom stereocenters. The van der Waals surface area contributed by atoms with Crippen LogP contribution in [0.4, 0.5) is 0 Å². The maximum atomic E-state index is 4.46. The van der Waals surface area contributed by atoms with Crippen molar-refractivity contribution in [3.05, 3.63) is 17.1 Å². The second-order valence-corrected chi connectivity index (χ2v) is 5.03. The van der Waals surface area contributed by atoms with Crippen molar-refractivity contribution in [1.82, 2.24) is 30.3 Å². The first-order valence-electron chi connectivity index (χ1n) is 5.91. The fourth-order valence-corrected chi connectivity index (χ4v) is 2.68. The highest BCUT2D eigenvalue weighted by atomic mass is 32.2. The zero-order valence-corrected chi connectivity index (χ0v) is 11.9. The zero-order valence-electron chi connectivity index (χ0n) is 11.1. The first-order chi connectivity index (χ1) is 8.61. The van der Waals surface area contributed by atoms with Gasteiger partial charge in [-0.05, 0) is 32.2 Å². The highest BCUT2D eigenvalue weighted by Gasteiger charge is 2.15. The Balaban J connectivity index is 2.25. The van der Waals surface area contributed by atoms with E-state index in [0.717, 1.165) is 34.8 Å². The van der Waals surface area contributed by atoms with Crippen LogP contribution in [-0.4, -0.2) is 31.5 Å². The van der Waals surface area contributed by atoms with Crippen molar-refractivity contribution in [3.63, 3.8) is 0 Å². The molecule has 0 saturated carbocycles. The normalized spacial score (nSPS) is 11.1. The summed E-state index contributed by atoms with van der Waals surface area (Å²) in [5, 5.41) is 16.6. The van der Waals surface area contributed by atoms with Gasteiger partial charge in [0.15, 0.2) is 0 Å². The molecular weight excluding hydrogens is 248 g/mol. The van der Waals surface area contributed by atoms with Crippen molar-refractivity contribution in [1.29, 1.82) is 0 Å². The number of aromatic amines is 1. The van der Waals surface area contributed by atoms with E-state index < -0.39 is 0 Å². The quantitative estimate of drug-likeness (QED) is 0.856. The summed E-state index contributed by atoms with van der Waals surface area (Å²) in [6.45, 7) is 7.78. The molecule has 0 aliphatic rings. The van der Waals surface area contributed by atoms with Gasteiger partial charge in [0.1, 0.15) is 10.9 Å². The van der Waals surface area contributed by atoms with Crippen LogP contribution in [-0.2, 0) is 13.6 Å². The molecule has 0 aromatic carbocycles. The van der Waals surface area contributed by atoms with Gasteiger partial charge in [0.2, 0.25) is 5.16 Å². The number of hydrogen-bond donors (Lipinski definition) is 2. The van der Waals surface area contributed by atoms with Gasteiger partial charge in [-0.3, -0.25) is 9.78 Å². The van der Waals surface area contributed by atoms with Crippen molar-refractivity contribution in [2.75, 3.05) is 6.54 Å². The van der Waals surface area contributed by atoms with Crippen LogP contribution in [0.15, 0.2) is 10.2 Å². The smallest absolute Gasteiger partial charge is 0.214 e. The van der Waals surface area contributed by atoms with Crippen molar-refractivity contribution >= 4 is 11.8 Å². The molecule has 0 atom stereocenters. The number of hydrogen-bond acceptors (Lipinski definition) is 5. The Morgan fingerprint density at radius 3 is 2.78 bits per heavy atom. The zero-order chi connectivity index (χ0) is 13.1. The molecular formula is C11H18N6S. The molecule has 0 aliphatic carbocycles. The maximum Gasteiger partial charge on any atom is 0.214 e. The highest BCUT2D eigenvalue weighted by molar-refractivity contribution is 7.99. The van der Waals surface area contributed by atoms with Crippen LogP contribution >= 0.6 is 11.8 Å². The molecule has 2 aromatic heterocycles. The number of nitrogens with one attached hydrogen (secondary N) is 2. The van der Waals surface area contributed by atoms with Crippen LogP contribution in [0.25, 0.3) is 0 Å². The third kappa shape index (κ3) is 2.73. The highest BCUT2D eigenvalue weighted by Crippen LogP contribution is 2.29. The third-order valence-electron chi connectivity index (χ3n) is 2.61. The number of aromatic nitrogens is 5. The summed E-state index contributed by atoms with van der Waals surface area (Å²) in [5.74, 6) is 0.824. The molecule has 98 valence electrons. The van der Waals surface area contributed by atoms with Gasteiger partial charge >= 0.3 is 0 Å². The Morgan fingerprint density at radius 1 is 1.39 bits per heavy atom. The van der Waals surface area contributed by atoms with E-state index in [1.165, 1.54) is 17.3 Å². The summed E-state index contributed by atoms with van der Waals surface area (Å²) < 4.78 is 1.89. The Bertz CT molecular complexity index is 530. The number of H-pyrrole nitrogens is 1. The predicted octanol–water partition coefficient (Wildman–Crippen LogP) is 1.42. The summed E-state index contributed by atoms with van der Waals surface area (Å²) in [7, 11) is 1.95. The number of aryl methyl sites for hydroxylation is 3.